The van der Waals surface area contributed by atoms with Gasteiger partial charge in [0.05, 0.1) is 6.61 Å². The molecule has 1 aromatic rings. The summed E-state index contributed by atoms with van der Waals surface area (Å²) in [5.41, 5.74) is 1.14. The van der Waals surface area contributed by atoms with E-state index >= 15 is 0 Å². The number of aromatic hydroxyl groups is 1. The van der Waals surface area contributed by atoms with Crippen molar-refractivity contribution >= 4 is 6.47 Å². The summed E-state index contributed by atoms with van der Waals surface area (Å²) in [6.45, 7) is 0.239. The van der Waals surface area contributed by atoms with Crippen molar-refractivity contribution in [3.63, 3.8) is 0 Å². The highest BCUT2D eigenvalue weighted by molar-refractivity contribution is 5.40. The zero-order valence-electron chi connectivity index (χ0n) is 6.93. The largest absolute Gasteiger partial charge is 0.508 e. The lowest BCUT2D eigenvalue weighted by Gasteiger charge is -2.04. The third-order valence-electron chi connectivity index (χ3n) is 1.64. The molecule has 0 aliphatic rings. The quantitative estimate of drug-likeness (QED) is 0.667. The zero-order chi connectivity index (χ0) is 9.68. The molecule has 0 aromatic heterocycles. The van der Waals surface area contributed by atoms with Crippen molar-refractivity contribution in [3.05, 3.63) is 29.3 Å². The minimum atomic E-state index is -0.123. The molecule has 4 nitrogen and oxygen atoms in total. The van der Waals surface area contributed by atoms with Gasteiger partial charge in [0.25, 0.3) is 6.47 Å². The summed E-state index contributed by atoms with van der Waals surface area (Å²) in [5, 5.41) is 18.1. The highest BCUT2D eigenvalue weighted by atomic mass is 16.5. The normalized spacial score (nSPS) is 9.62. The van der Waals surface area contributed by atoms with E-state index < -0.39 is 0 Å². The molecule has 0 aliphatic carbocycles. The van der Waals surface area contributed by atoms with Crippen LogP contribution in [-0.2, 0) is 22.7 Å². The number of phenols is 1. The van der Waals surface area contributed by atoms with E-state index in [9.17, 15) is 9.90 Å². The number of hydrogen-bond acceptors (Lipinski definition) is 4. The lowest BCUT2D eigenvalue weighted by atomic mass is 10.1. The van der Waals surface area contributed by atoms with Crippen molar-refractivity contribution in [2.24, 2.45) is 0 Å². The Morgan fingerprint density at radius 1 is 1.46 bits per heavy atom. The Hall–Kier alpha value is -1.55. The lowest BCUT2D eigenvalue weighted by molar-refractivity contribution is -0.129. The minimum absolute atomic E-state index is 0.0217. The van der Waals surface area contributed by atoms with E-state index in [2.05, 4.69) is 4.74 Å². The predicted molar refractivity (Wildman–Crippen MR) is 44.9 cm³/mol. The number of carbonyl (C=O) groups excluding carboxylic acids is 1. The van der Waals surface area contributed by atoms with Crippen LogP contribution in [0.5, 0.6) is 5.75 Å². The van der Waals surface area contributed by atoms with Crippen LogP contribution in [0.25, 0.3) is 0 Å². The molecule has 0 aliphatic heterocycles. The van der Waals surface area contributed by atoms with Crippen molar-refractivity contribution in [3.8, 4) is 5.75 Å². The van der Waals surface area contributed by atoms with Gasteiger partial charge in [0.1, 0.15) is 12.4 Å². The number of phenolic OH excluding ortho intramolecular Hbond substituents is 1. The second kappa shape index (κ2) is 4.47. The third-order valence-corrected chi connectivity index (χ3v) is 1.64. The Kier molecular flexibility index (Phi) is 3.28. The van der Waals surface area contributed by atoms with Gasteiger partial charge < -0.3 is 14.9 Å². The number of aliphatic hydroxyl groups excluding tert-OH is 1. The molecule has 13 heavy (non-hydrogen) atoms. The fourth-order valence-corrected chi connectivity index (χ4v) is 0.954. The predicted octanol–water partition coefficient (Wildman–Crippen LogP) is 0.557. The first-order valence-corrected chi connectivity index (χ1v) is 3.75. The Morgan fingerprint density at radius 2 is 2.23 bits per heavy atom. The standard InChI is InChI=1S/C9H10O4/c10-4-7-1-2-8(5-13-6-11)9(12)3-7/h1-3,6,10,12H,4-5H2. The van der Waals surface area contributed by atoms with Gasteiger partial charge in [-0.05, 0) is 11.6 Å². The van der Waals surface area contributed by atoms with Gasteiger partial charge >= 0.3 is 0 Å². The molecule has 0 spiro atoms. The molecule has 0 amide bonds. The van der Waals surface area contributed by atoms with Crippen LogP contribution in [0.3, 0.4) is 0 Å². The summed E-state index contributed by atoms with van der Waals surface area (Å²) in [5.74, 6) is 0.0217. The molecule has 4 heteroatoms. The highest BCUT2D eigenvalue weighted by Gasteiger charge is 2.01. The van der Waals surface area contributed by atoms with Crippen molar-refractivity contribution in [1.29, 1.82) is 0 Å². The first-order chi connectivity index (χ1) is 6.27. The SMILES string of the molecule is O=COCc1ccc(CO)cc1O. The molecule has 70 valence electrons. The van der Waals surface area contributed by atoms with Gasteiger partial charge in [-0.3, -0.25) is 4.79 Å². The van der Waals surface area contributed by atoms with Gasteiger partial charge in [0.2, 0.25) is 0 Å². The molecule has 0 heterocycles. The van der Waals surface area contributed by atoms with E-state index in [0.29, 0.717) is 17.6 Å². The summed E-state index contributed by atoms with van der Waals surface area (Å²) < 4.78 is 4.47. The van der Waals surface area contributed by atoms with Gasteiger partial charge in [-0.1, -0.05) is 12.1 Å². The fraction of sp³-hybridized carbons (Fsp3) is 0.222. The second-order valence-electron chi connectivity index (χ2n) is 2.53. The van der Waals surface area contributed by atoms with Gasteiger partial charge in [0.15, 0.2) is 0 Å². The van der Waals surface area contributed by atoms with Crippen molar-refractivity contribution in [2.45, 2.75) is 13.2 Å². The molecule has 2 N–H and O–H groups in total. The van der Waals surface area contributed by atoms with Crippen LogP contribution in [-0.4, -0.2) is 16.7 Å². The van der Waals surface area contributed by atoms with E-state index in [1.807, 2.05) is 0 Å². The van der Waals surface area contributed by atoms with E-state index in [1.54, 1.807) is 12.1 Å². The highest BCUT2D eigenvalue weighted by Crippen LogP contribution is 2.19. The van der Waals surface area contributed by atoms with Crippen molar-refractivity contribution in [1.82, 2.24) is 0 Å². The Morgan fingerprint density at radius 3 is 2.77 bits per heavy atom. The zero-order valence-corrected chi connectivity index (χ0v) is 6.93. The summed E-state index contributed by atoms with van der Waals surface area (Å²) in [7, 11) is 0. The van der Waals surface area contributed by atoms with Gasteiger partial charge in [-0.15, -0.1) is 0 Å². The second-order valence-corrected chi connectivity index (χ2v) is 2.53. The number of rotatable bonds is 4. The van der Waals surface area contributed by atoms with Crippen LogP contribution in [0.4, 0.5) is 0 Å². The molecule has 0 saturated heterocycles. The van der Waals surface area contributed by atoms with Crippen LogP contribution < -0.4 is 0 Å². The van der Waals surface area contributed by atoms with E-state index in [-0.39, 0.29) is 19.0 Å². The van der Waals surface area contributed by atoms with Gasteiger partial charge in [-0.25, -0.2) is 0 Å². The van der Waals surface area contributed by atoms with Crippen LogP contribution >= 0.6 is 0 Å². The Bertz CT molecular complexity index is 296. The van der Waals surface area contributed by atoms with Crippen LogP contribution in [0.1, 0.15) is 11.1 Å². The van der Waals surface area contributed by atoms with Crippen molar-refractivity contribution < 1.29 is 19.7 Å². The molecule has 0 fully saturated rings. The molecule has 1 rings (SSSR count). The van der Waals surface area contributed by atoms with E-state index in [4.69, 9.17) is 5.11 Å². The maximum absolute atomic E-state index is 9.87. The summed E-state index contributed by atoms with van der Waals surface area (Å²) in [4.78, 5) is 9.87. The molecular formula is C9H10O4. The number of aliphatic hydroxyl groups is 1. The van der Waals surface area contributed by atoms with Crippen LogP contribution in [0.15, 0.2) is 18.2 Å². The summed E-state index contributed by atoms with van der Waals surface area (Å²) in [6, 6.07) is 4.69. The minimum Gasteiger partial charge on any atom is -0.508 e. The average molecular weight is 182 g/mol. The number of ether oxygens (including phenoxy) is 1. The van der Waals surface area contributed by atoms with Gasteiger partial charge in [0, 0.05) is 5.56 Å². The molecule has 0 bridgehead atoms. The fourth-order valence-electron chi connectivity index (χ4n) is 0.954. The van der Waals surface area contributed by atoms with Gasteiger partial charge in [-0.2, -0.15) is 0 Å². The van der Waals surface area contributed by atoms with Crippen molar-refractivity contribution in [2.75, 3.05) is 0 Å². The molecule has 0 unspecified atom stereocenters. The maximum atomic E-state index is 9.87. The third kappa shape index (κ3) is 2.45. The number of benzene rings is 1. The monoisotopic (exact) mass is 182 g/mol. The summed E-state index contributed by atoms with van der Waals surface area (Å²) >= 11 is 0. The smallest absolute Gasteiger partial charge is 0.293 e. The van der Waals surface area contributed by atoms with E-state index in [0.717, 1.165) is 0 Å². The first kappa shape index (κ1) is 9.54. The van der Waals surface area contributed by atoms with Crippen LogP contribution in [0.2, 0.25) is 0 Å². The number of hydrogen-bond donors (Lipinski definition) is 2. The molecule has 0 radical (unpaired) electrons. The molecule has 1 aromatic carbocycles. The van der Waals surface area contributed by atoms with E-state index in [1.165, 1.54) is 6.07 Å². The molecule has 0 atom stereocenters. The average Bonchev–Trinajstić information content (AvgIpc) is 2.16. The van der Waals surface area contributed by atoms with Crippen LogP contribution in [0, 0.1) is 0 Å². The first-order valence-electron chi connectivity index (χ1n) is 3.75. The number of carbonyl (C=O) groups is 1. The molecule has 0 saturated carbocycles. The lowest BCUT2D eigenvalue weighted by Crippen LogP contribution is -1.92. The Balaban J connectivity index is 2.78. The summed E-state index contributed by atoms with van der Waals surface area (Å²) in [6.07, 6.45) is 0. The Labute approximate surface area is 75.4 Å². The molecular weight excluding hydrogens is 172 g/mol. The topological polar surface area (TPSA) is 66.8 Å². The maximum Gasteiger partial charge on any atom is 0.293 e.